The number of ether oxygens (including phenoxy) is 2. The maximum Gasteiger partial charge on any atom is 0.408 e. The van der Waals surface area contributed by atoms with Crippen molar-refractivity contribution in [2.45, 2.75) is 81.9 Å². The molecular weight excluding hydrogens is 499 g/mol. The molecule has 33 heavy (non-hydrogen) atoms. The van der Waals surface area contributed by atoms with Gasteiger partial charge in [0.15, 0.2) is 0 Å². The molecule has 192 valence electrons. The highest BCUT2D eigenvalue weighted by atomic mass is 35.6. The fourth-order valence-corrected chi connectivity index (χ4v) is 2.64. The summed E-state index contributed by atoms with van der Waals surface area (Å²) < 4.78 is 8.27. The molecule has 3 unspecified atom stereocenters. The zero-order valence-corrected chi connectivity index (χ0v) is 22.1. The van der Waals surface area contributed by atoms with Gasteiger partial charge in [0.05, 0.1) is 6.54 Å². The van der Waals surface area contributed by atoms with Crippen LogP contribution in [0.4, 0.5) is 4.79 Å². The second kappa shape index (κ2) is 14.2. The number of hydrogen-bond donors (Lipinski definition) is 4. The smallest absolute Gasteiger partial charge is 0.408 e. The van der Waals surface area contributed by atoms with Gasteiger partial charge in [-0.25, -0.2) is 9.59 Å². The molecule has 0 fully saturated rings. The molecule has 3 amide bonds. The third kappa shape index (κ3) is 15.2. The van der Waals surface area contributed by atoms with Gasteiger partial charge in [-0.15, -0.1) is 0 Å². The summed E-state index contributed by atoms with van der Waals surface area (Å²) in [6.07, 6.45) is -0.0189. The Morgan fingerprint density at radius 1 is 1.03 bits per heavy atom. The van der Waals surface area contributed by atoms with Crippen LogP contribution in [0.1, 0.15) is 54.4 Å². The lowest BCUT2D eigenvalue weighted by atomic mass is 10.0. The third-order valence-corrected chi connectivity index (χ3v) is 4.48. The van der Waals surface area contributed by atoms with Gasteiger partial charge in [-0.1, -0.05) is 48.7 Å². The molecule has 10 nitrogen and oxygen atoms in total. The second-order valence-electron chi connectivity index (χ2n) is 8.96. The van der Waals surface area contributed by atoms with Crippen LogP contribution >= 0.6 is 34.8 Å². The van der Waals surface area contributed by atoms with Gasteiger partial charge in [0.1, 0.15) is 30.3 Å². The minimum absolute atomic E-state index is 0.230. The van der Waals surface area contributed by atoms with Crippen LogP contribution in [0.3, 0.4) is 0 Å². The maximum absolute atomic E-state index is 12.6. The van der Waals surface area contributed by atoms with Crippen molar-refractivity contribution in [3.05, 3.63) is 0 Å². The average Bonchev–Trinajstić information content (AvgIpc) is 2.64. The molecule has 0 saturated carbocycles. The van der Waals surface area contributed by atoms with E-state index in [-0.39, 0.29) is 18.2 Å². The quantitative estimate of drug-likeness (QED) is 0.176. The van der Waals surface area contributed by atoms with E-state index in [0.717, 1.165) is 0 Å². The number of alkyl carbamates (subject to hydrolysis) is 1. The minimum atomic E-state index is -1.72. The molecule has 3 atom stereocenters. The van der Waals surface area contributed by atoms with Gasteiger partial charge in [-0.05, 0) is 46.5 Å². The van der Waals surface area contributed by atoms with Crippen molar-refractivity contribution in [2.24, 2.45) is 11.7 Å². The first-order valence-electron chi connectivity index (χ1n) is 10.6. The van der Waals surface area contributed by atoms with E-state index >= 15 is 0 Å². The monoisotopic (exact) mass is 533 g/mol. The fraction of sp³-hybridized carbons (Fsp3) is 0.800. The van der Waals surface area contributed by atoms with E-state index in [1.54, 1.807) is 41.5 Å². The highest BCUT2D eigenvalue weighted by Crippen LogP contribution is 2.26. The van der Waals surface area contributed by atoms with Crippen LogP contribution in [0.5, 0.6) is 0 Å². The van der Waals surface area contributed by atoms with Crippen molar-refractivity contribution in [1.82, 2.24) is 10.6 Å². The first-order valence-corrected chi connectivity index (χ1v) is 11.7. The molecule has 0 heterocycles. The van der Waals surface area contributed by atoms with E-state index in [9.17, 15) is 19.2 Å². The minimum Gasteiger partial charge on any atom is -0.460 e. The van der Waals surface area contributed by atoms with Crippen molar-refractivity contribution in [1.29, 1.82) is 0 Å². The van der Waals surface area contributed by atoms with Gasteiger partial charge in [-0.2, -0.15) is 0 Å². The SMILES string of the molecule is CC(NC(=O)C(NC(=O)OC(C)(C)C)C(C)C)C(=O)[NH2+]CCCC(N)C(=O)OCC(Cl)(Cl)Cl. The number of halogens is 3. The number of nitrogens with one attached hydrogen (secondary N) is 2. The van der Waals surface area contributed by atoms with E-state index in [1.807, 2.05) is 0 Å². The molecule has 0 bridgehead atoms. The predicted octanol–water partition coefficient (Wildman–Crippen LogP) is 1.15. The summed E-state index contributed by atoms with van der Waals surface area (Å²) >= 11 is 16.5. The number of hydrogen-bond acceptors (Lipinski definition) is 7. The zero-order valence-electron chi connectivity index (χ0n) is 19.9. The van der Waals surface area contributed by atoms with Crippen LogP contribution in [0, 0.1) is 5.92 Å². The Morgan fingerprint density at radius 2 is 1.61 bits per heavy atom. The summed E-state index contributed by atoms with van der Waals surface area (Å²) in [4.78, 5) is 48.7. The summed E-state index contributed by atoms with van der Waals surface area (Å²) in [5.74, 6) is -1.74. The average molecular weight is 535 g/mol. The molecule has 0 aromatic heterocycles. The third-order valence-electron chi connectivity index (χ3n) is 4.15. The van der Waals surface area contributed by atoms with Crippen LogP contribution in [0.25, 0.3) is 0 Å². The number of alkyl halides is 3. The van der Waals surface area contributed by atoms with Gasteiger partial charge in [0.2, 0.25) is 9.70 Å². The number of nitrogens with two attached hydrogens (primary N) is 2. The van der Waals surface area contributed by atoms with Crippen molar-refractivity contribution in [2.75, 3.05) is 13.2 Å². The van der Waals surface area contributed by atoms with Crippen LogP contribution in [-0.2, 0) is 23.9 Å². The Hall–Kier alpha value is -1.33. The van der Waals surface area contributed by atoms with Gasteiger partial charge in [-0.3, -0.25) is 14.9 Å². The number of esters is 1. The van der Waals surface area contributed by atoms with E-state index in [1.165, 1.54) is 5.32 Å². The van der Waals surface area contributed by atoms with Crippen molar-refractivity contribution in [3.8, 4) is 0 Å². The molecule has 0 spiro atoms. The fourth-order valence-electron chi connectivity index (χ4n) is 2.48. The van der Waals surface area contributed by atoms with Gasteiger partial charge >= 0.3 is 18.0 Å². The van der Waals surface area contributed by atoms with Gasteiger partial charge < -0.3 is 25.8 Å². The normalized spacial score (nSPS) is 14.8. The highest BCUT2D eigenvalue weighted by Gasteiger charge is 2.30. The first kappa shape index (κ1) is 31.7. The van der Waals surface area contributed by atoms with E-state index in [2.05, 4.69) is 10.6 Å². The predicted molar refractivity (Wildman–Crippen MR) is 126 cm³/mol. The molecule has 0 aliphatic rings. The number of primary amides is 1. The molecule has 0 saturated heterocycles. The summed E-state index contributed by atoms with van der Waals surface area (Å²) in [7, 11) is 0. The van der Waals surface area contributed by atoms with Crippen molar-refractivity contribution in [3.63, 3.8) is 0 Å². The Bertz CT molecular complexity index is 680. The molecule has 6 N–H and O–H groups in total. The van der Waals surface area contributed by atoms with Crippen LogP contribution in [0.15, 0.2) is 0 Å². The lowest BCUT2D eigenvalue weighted by Gasteiger charge is -2.25. The number of rotatable bonds is 11. The Morgan fingerprint density at radius 3 is 2.09 bits per heavy atom. The molecule has 0 aromatic carbocycles. The first-order chi connectivity index (χ1) is 14.9. The van der Waals surface area contributed by atoms with Gasteiger partial charge in [0, 0.05) is 0 Å². The molecule has 0 aliphatic carbocycles. The molecule has 0 aliphatic heterocycles. The topological polar surface area (TPSA) is 153 Å². The van der Waals surface area contributed by atoms with E-state index in [0.29, 0.717) is 13.0 Å². The molecular formula is C20H36Cl3N4O6+. The van der Waals surface area contributed by atoms with Crippen LogP contribution < -0.4 is 21.7 Å². The lowest BCUT2D eigenvalue weighted by Crippen LogP contribution is -2.91. The number of carbonyl (C=O) groups is 4. The molecule has 0 radical (unpaired) electrons. The summed E-state index contributed by atoms with van der Waals surface area (Å²) in [5.41, 5.74) is 5.02. The Kier molecular flexibility index (Phi) is 13.6. The number of quaternary nitrogens is 1. The Labute approximate surface area is 209 Å². The molecule has 0 rings (SSSR count). The highest BCUT2D eigenvalue weighted by molar-refractivity contribution is 6.67. The zero-order chi connectivity index (χ0) is 26.0. The Balaban J connectivity index is 4.48. The lowest BCUT2D eigenvalue weighted by molar-refractivity contribution is -0.570. The van der Waals surface area contributed by atoms with Crippen molar-refractivity contribution >= 4 is 58.7 Å². The number of amides is 3. The van der Waals surface area contributed by atoms with Gasteiger partial charge in [0.25, 0.3) is 0 Å². The number of carbonyl (C=O) groups excluding carboxylic acids is 4. The standard InChI is InChI=1S/C20H35Cl3N4O6/c1-11(2)14(27-18(31)33-19(4,5)6)16(29)26-12(3)15(28)25-9-7-8-13(24)17(30)32-10-20(21,22)23/h11-14H,7-10,24H2,1-6H3,(H,25,28)(H,26,29)(H,27,31)/p+1. The largest absolute Gasteiger partial charge is 0.460 e. The molecule has 0 aromatic rings. The van der Waals surface area contributed by atoms with E-state index in [4.69, 9.17) is 50.0 Å². The van der Waals surface area contributed by atoms with Crippen molar-refractivity contribution < 1.29 is 34.0 Å². The van der Waals surface area contributed by atoms with E-state index < -0.39 is 52.1 Å². The second-order valence-corrected chi connectivity index (χ2v) is 11.5. The van der Waals surface area contributed by atoms with Crippen LogP contribution in [-0.4, -0.2) is 64.5 Å². The maximum atomic E-state index is 12.6. The summed E-state index contributed by atoms with van der Waals surface area (Å²) in [6, 6.07) is -2.59. The summed E-state index contributed by atoms with van der Waals surface area (Å²) in [5, 5.41) is 6.55. The van der Waals surface area contributed by atoms with Crippen LogP contribution in [0.2, 0.25) is 0 Å². The summed E-state index contributed by atoms with van der Waals surface area (Å²) in [6.45, 7) is 10.2. The molecule has 13 heteroatoms.